The molecule has 53 heavy (non-hydrogen) atoms. The van der Waals surface area contributed by atoms with Crippen LogP contribution in [-0.4, -0.2) is 4.98 Å². The molecule has 10 rings (SSSR count). The van der Waals surface area contributed by atoms with Crippen molar-refractivity contribution in [3.05, 3.63) is 200 Å². The van der Waals surface area contributed by atoms with Gasteiger partial charge in [0.2, 0.25) is 0 Å². The first kappa shape index (κ1) is 31.0. The molecule has 0 fully saturated rings. The summed E-state index contributed by atoms with van der Waals surface area (Å²) < 4.78 is 1.20. The molecule has 1 heterocycles. The van der Waals surface area contributed by atoms with Gasteiger partial charge >= 0.3 is 0 Å². The van der Waals surface area contributed by atoms with Crippen molar-refractivity contribution < 1.29 is 0 Å². The lowest BCUT2D eigenvalue weighted by Gasteiger charge is -2.27. The van der Waals surface area contributed by atoms with Gasteiger partial charge in [-0.25, -0.2) is 4.98 Å². The molecule has 0 N–H and O–H groups in total. The monoisotopic (exact) mass is 695 g/mol. The largest absolute Gasteiger partial charge is 0.310 e. The standard InChI is InChI=1S/C49H33N3S/c1-5-17-37(18-6-1)51(38-19-7-2-8-20-38)41-27-29-43-45(32-41)46-33-42(52(39-21-9-3-10-22-39)40-23-11-4-12-24-40)28-30-44(46)48-47(43)50-49(53-48)36-26-25-34-15-13-14-16-35(34)31-36/h1-33H. The number of aromatic nitrogens is 1. The van der Waals surface area contributed by atoms with Crippen molar-refractivity contribution in [2.45, 2.75) is 0 Å². The van der Waals surface area contributed by atoms with Crippen LogP contribution in [0, 0.1) is 0 Å². The molecule has 4 heteroatoms. The summed E-state index contributed by atoms with van der Waals surface area (Å²) in [7, 11) is 0. The number of anilines is 6. The summed E-state index contributed by atoms with van der Waals surface area (Å²) in [5.74, 6) is 0. The van der Waals surface area contributed by atoms with Crippen molar-refractivity contribution in [3.63, 3.8) is 0 Å². The molecule has 10 aromatic rings. The molecule has 9 aromatic carbocycles. The van der Waals surface area contributed by atoms with E-state index in [2.05, 4.69) is 210 Å². The van der Waals surface area contributed by atoms with Crippen LogP contribution < -0.4 is 9.80 Å². The first-order valence-corrected chi connectivity index (χ1v) is 18.7. The molecule has 0 aliphatic rings. The van der Waals surface area contributed by atoms with Crippen LogP contribution >= 0.6 is 11.3 Å². The third-order valence-electron chi connectivity index (χ3n) is 9.99. The van der Waals surface area contributed by atoms with E-state index in [0.717, 1.165) is 55.6 Å². The van der Waals surface area contributed by atoms with Gasteiger partial charge in [-0.15, -0.1) is 11.3 Å². The van der Waals surface area contributed by atoms with E-state index in [0.29, 0.717) is 0 Å². The molecule has 250 valence electrons. The van der Waals surface area contributed by atoms with Crippen LogP contribution in [0.1, 0.15) is 0 Å². The normalized spacial score (nSPS) is 11.4. The van der Waals surface area contributed by atoms with Crippen LogP contribution in [0.25, 0.3) is 53.1 Å². The maximum Gasteiger partial charge on any atom is 0.124 e. The molecular formula is C49H33N3S. The van der Waals surface area contributed by atoms with Crippen LogP contribution in [0.4, 0.5) is 34.1 Å². The fourth-order valence-electron chi connectivity index (χ4n) is 7.53. The van der Waals surface area contributed by atoms with Crippen molar-refractivity contribution in [1.29, 1.82) is 0 Å². The number of rotatable bonds is 7. The number of hydrogen-bond donors (Lipinski definition) is 0. The molecule has 0 atom stereocenters. The molecule has 1 aromatic heterocycles. The van der Waals surface area contributed by atoms with Crippen LogP contribution in [0.3, 0.4) is 0 Å². The molecule has 0 bridgehead atoms. The molecule has 3 nitrogen and oxygen atoms in total. The fourth-order valence-corrected chi connectivity index (χ4v) is 8.64. The molecule has 0 radical (unpaired) electrons. The Bertz CT molecular complexity index is 2650. The molecule has 0 unspecified atom stereocenters. The average Bonchev–Trinajstić information content (AvgIpc) is 3.69. The van der Waals surface area contributed by atoms with E-state index in [1.165, 1.54) is 31.6 Å². The van der Waals surface area contributed by atoms with E-state index in [1.807, 2.05) is 0 Å². The smallest absolute Gasteiger partial charge is 0.124 e. The van der Waals surface area contributed by atoms with Gasteiger partial charge in [0, 0.05) is 50.5 Å². The van der Waals surface area contributed by atoms with Crippen molar-refractivity contribution >= 4 is 88.0 Å². The van der Waals surface area contributed by atoms with Crippen molar-refractivity contribution in [1.82, 2.24) is 4.98 Å². The van der Waals surface area contributed by atoms with Gasteiger partial charge < -0.3 is 9.80 Å². The van der Waals surface area contributed by atoms with E-state index < -0.39 is 0 Å². The van der Waals surface area contributed by atoms with Gasteiger partial charge in [-0.3, -0.25) is 0 Å². The highest BCUT2D eigenvalue weighted by Crippen LogP contribution is 2.46. The zero-order valence-corrected chi connectivity index (χ0v) is 29.6. The lowest BCUT2D eigenvalue weighted by atomic mass is 9.98. The Kier molecular flexibility index (Phi) is 7.67. The number of thiazole rings is 1. The summed E-state index contributed by atoms with van der Waals surface area (Å²) >= 11 is 1.78. The lowest BCUT2D eigenvalue weighted by Crippen LogP contribution is -2.10. The van der Waals surface area contributed by atoms with E-state index in [-0.39, 0.29) is 0 Å². The van der Waals surface area contributed by atoms with Gasteiger partial charge in [0.1, 0.15) is 5.01 Å². The predicted octanol–water partition coefficient (Wildman–Crippen LogP) is 14.4. The highest BCUT2D eigenvalue weighted by molar-refractivity contribution is 7.22. The summed E-state index contributed by atoms with van der Waals surface area (Å²) in [6.07, 6.45) is 0. The van der Waals surface area contributed by atoms with Gasteiger partial charge in [-0.1, -0.05) is 121 Å². The molecule has 0 aliphatic heterocycles. The van der Waals surface area contributed by atoms with Gasteiger partial charge in [0.15, 0.2) is 0 Å². The molecule has 0 spiro atoms. The van der Waals surface area contributed by atoms with E-state index in [9.17, 15) is 0 Å². The fraction of sp³-hybridized carbons (Fsp3) is 0. The lowest BCUT2D eigenvalue weighted by molar-refractivity contribution is 1.29. The average molecular weight is 696 g/mol. The first-order chi connectivity index (χ1) is 26.3. The Morgan fingerprint density at radius 2 is 0.792 bits per heavy atom. The van der Waals surface area contributed by atoms with Crippen molar-refractivity contribution in [2.75, 3.05) is 9.80 Å². The topological polar surface area (TPSA) is 19.4 Å². The summed E-state index contributed by atoms with van der Waals surface area (Å²) in [4.78, 5) is 10.1. The summed E-state index contributed by atoms with van der Waals surface area (Å²) in [6.45, 7) is 0. The third-order valence-corrected chi connectivity index (χ3v) is 11.1. The number of fused-ring (bicyclic) bond motifs is 7. The highest BCUT2D eigenvalue weighted by atomic mass is 32.1. The third kappa shape index (κ3) is 5.57. The van der Waals surface area contributed by atoms with Gasteiger partial charge in [-0.2, -0.15) is 0 Å². The summed E-state index contributed by atoms with van der Waals surface area (Å²) in [6, 6.07) is 71.5. The maximum atomic E-state index is 5.41. The zero-order valence-electron chi connectivity index (χ0n) is 28.8. The summed E-state index contributed by atoms with van der Waals surface area (Å²) in [5.41, 5.74) is 8.80. The Morgan fingerprint density at radius 1 is 0.340 bits per heavy atom. The SMILES string of the molecule is c1ccc(N(c2ccccc2)c2ccc3c(c2)c2cc(N(c4ccccc4)c4ccccc4)ccc2c2sc(-c4ccc5ccccc5c4)nc32)cc1. The van der Waals surface area contributed by atoms with Crippen molar-refractivity contribution in [3.8, 4) is 10.6 Å². The van der Waals surface area contributed by atoms with E-state index in [1.54, 1.807) is 11.3 Å². The Balaban J connectivity index is 1.25. The van der Waals surface area contributed by atoms with Crippen LogP contribution in [-0.2, 0) is 0 Å². The van der Waals surface area contributed by atoms with Gasteiger partial charge in [-0.05, 0) is 100 Å². The molecular weight excluding hydrogens is 663 g/mol. The number of para-hydroxylation sites is 4. The number of hydrogen-bond acceptors (Lipinski definition) is 4. The van der Waals surface area contributed by atoms with Crippen molar-refractivity contribution in [2.24, 2.45) is 0 Å². The number of nitrogens with zero attached hydrogens (tertiary/aromatic N) is 3. The van der Waals surface area contributed by atoms with Gasteiger partial charge in [0.05, 0.1) is 10.2 Å². The van der Waals surface area contributed by atoms with Gasteiger partial charge in [0.25, 0.3) is 0 Å². The zero-order chi connectivity index (χ0) is 35.1. The quantitative estimate of drug-likeness (QED) is 0.155. The Morgan fingerprint density at radius 3 is 1.32 bits per heavy atom. The summed E-state index contributed by atoms with van der Waals surface area (Å²) in [5, 5.41) is 8.18. The predicted molar refractivity (Wildman–Crippen MR) is 227 cm³/mol. The van der Waals surface area contributed by atoms with E-state index in [4.69, 9.17) is 4.98 Å². The highest BCUT2D eigenvalue weighted by Gasteiger charge is 2.20. The van der Waals surface area contributed by atoms with Crippen LogP contribution in [0.15, 0.2) is 200 Å². The Hall–Kier alpha value is -6.75. The second-order valence-corrected chi connectivity index (χ2v) is 14.2. The minimum Gasteiger partial charge on any atom is -0.310 e. The minimum absolute atomic E-state index is 1.03. The molecule has 0 aliphatic carbocycles. The van der Waals surface area contributed by atoms with Crippen LogP contribution in [0.2, 0.25) is 0 Å². The van der Waals surface area contributed by atoms with Crippen LogP contribution in [0.5, 0.6) is 0 Å². The molecule has 0 saturated heterocycles. The first-order valence-electron chi connectivity index (χ1n) is 17.9. The number of benzene rings is 9. The maximum absolute atomic E-state index is 5.41. The minimum atomic E-state index is 1.03. The molecule has 0 amide bonds. The second kappa shape index (κ2) is 13.1. The Labute approximate surface area is 312 Å². The second-order valence-electron chi connectivity index (χ2n) is 13.2. The van der Waals surface area contributed by atoms with E-state index >= 15 is 0 Å². The molecule has 0 saturated carbocycles.